The summed E-state index contributed by atoms with van der Waals surface area (Å²) in [5.41, 5.74) is 6.58. The van der Waals surface area contributed by atoms with Crippen molar-refractivity contribution in [2.45, 2.75) is 57.7 Å². The summed E-state index contributed by atoms with van der Waals surface area (Å²) in [4.78, 5) is 19.9. The zero-order valence-electron chi connectivity index (χ0n) is 15.8. The van der Waals surface area contributed by atoms with Gasteiger partial charge in [-0.2, -0.15) is 13.2 Å². The third-order valence-electron chi connectivity index (χ3n) is 5.22. The van der Waals surface area contributed by atoms with Crippen molar-refractivity contribution in [2.24, 2.45) is 0 Å². The third-order valence-corrected chi connectivity index (χ3v) is 5.22. The van der Waals surface area contributed by atoms with E-state index < -0.39 is 11.7 Å². The minimum absolute atomic E-state index is 0.00462. The number of aromatic nitrogens is 2. The van der Waals surface area contributed by atoms with Crippen molar-refractivity contribution >= 4 is 11.7 Å². The highest BCUT2D eigenvalue weighted by Gasteiger charge is 2.34. The van der Waals surface area contributed by atoms with E-state index in [0.717, 1.165) is 31.7 Å². The lowest BCUT2D eigenvalue weighted by molar-refractivity contribution is -0.137. The van der Waals surface area contributed by atoms with Gasteiger partial charge in [-0.1, -0.05) is 18.2 Å². The van der Waals surface area contributed by atoms with E-state index in [-0.39, 0.29) is 35.1 Å². The van der Waals surface area contributed by atoms with Gasteiger partial charge in [-0.15, -0.1) is 0 Å². The van der Waals surface area contributed by atoms with Crippen molar-refractivity contribution < 1.29 is 18.0 Å². The van der Waals surface area contributed by atoms with Gasteiger partial charge in [-0.25, -0.2) is 9.97 Å². The Hall–Kier alpha value is -2.64. The van der Waals surface area contributed by atoms with Crippen LogP contribution in [0.2, 0.25) is 0 Å². The number of alkyl halides is 3. The van der Waals surface area contributed by atoms with Crippen molar-refractivity contribution in [3.63, 3.8) is 0 Å². The molecule has 28 heavy (non-hydrogen) atoms. The number of amides is 1. The first-order chi connectivity index (χ1) is 13.2. The van der Waals surface area contributed by atoms with Crippen LogP contribution in [0, 0.1) is 6.92 Å². The Bertz CT molecular complexity index is 874. The molecule has 2 aromatic rings. The lowest BCUT2D eigenvalue weighted by Crippen LogP contribution is -2.36. The molecule has 150 valence electrons. The molecule has 0 unspecified atom stereocenters. The van der Waals surface area contributed by atoms with Crippen LogP contribution in [0.1, 0.15) is 55.3 Å². The molecular formula is C20H23F3N4O. The highest BCUT2D eigenvalue weighted by Crippen LogP contribution is 2.39. The molecule has 1 aliphatic carbocycles. The number of nitrogens with two attached hydrogens (primary N) is 1. The lowest BCUT2D eigenvalue weighted by Gasteiger charge is -2.29. The van der Waals surface area contributed by atoms with Crippen LogP contribution < -0.4 is 11.1 Å². The summed E-state index contributed by atoms with van der Waals surface area (Å²) < 4.78 is 40.2. The molecular weight excluding hydrogens is 369 g/mol. The number of carbonyl (C=O) groups is 1. The fourth-order valence-electron chi connectivity index (χ4n) is 3.79. The van der Waals surface area contributed by atoms with Crippen molar-refractivity contribution in [1.82, 2.24) is 15.3 Å². The number of nitrogens with one attached hydrogen (secondary N) is 1. The van der Waals surface area contributed by atoms with Gasteiger partial charge in [0.05, 0.1) is 11.3 Å². The Labute approximate surface area is 161 Å². The predicted octanol–water partition coefficient (Wildman–Crippen LogP) is 4.22. The molecule has 3 rings (SSSR count). The summed E-state index contributed by atoms with van der Waals surface area (Å²) in [5, 5.41) is 2.92. The Balaban J connectivity index is 1.94. The highest BCUT2D eigenvalue weighted by molar-refractivity contribution is 5.73. The van der Waals surface area contributed by atoms with Crippen LogP contribution in [0.15, 0.2) is 24.3 Å². The van der Waals surface area contributed by atoms with E-state index in [0.29, 0.717) is 11.3 Å². The zero-order valence-corrected chi connectivity index (χ0v) is 15.8. The van der Waals surface area contributed by atoms with E-state index in [4.69, 9.17) is 5.73 Å². The van der Waals surface area contributed by atoms with Crippen LogP contribution in [-0.4, -0.2) is 21.9 Å². The number of hydrogen-bond acceptors (Lipinski definition) is 4. The molecule has 5 nitrogen and oxygen atoms in total. The van der Waals surface area contributed by atoms with Gasteiger partial charge in [0.1, 0.15) is 5.82 Å². The number of anilines is 1. The third kappa shape index (κ3) is 4.26. The van der Waals surface area contributed by atoms with E-state index in [1.54, 1.807) is 6.92 Å². The van der Waals surface area contributed by atoms with Crippen molar-refractivity contribution in [2.75, 3.05) is 5.73 Å². The molecule has 1 heterocycles. The molecule has 1 aliphatic rings. The molecule has 0 saturated heterocycles. The maximum atomic E-state index is 13.4. The number of nitrogen functional groups attached to an aromatic ring is 1. The summed E-state index contributed by atoms with van der Waals surface area (Å²) in [7, 11) is 0. The molecule has 1 amide bonds. The van der Waals surface area contributed by atoms with Gasteiger partial charge in [0, 0.05) is 30.0 Å². The van der Waals surface area contributed by atoms with Gasteiger partial charge in [0.25, 0.3) is 0 Å². The molecule has 0 atom stereocenters. The van der Waals surface area contributed by atoms with Crippen molar-refractivity contribution in [3.8, 4) is 11.4 Å². The van der Waals surface area contributed by atoms with Gasteiger partial charge in [-0.3, -0.25) is 4.79 Å². The number of nitrogens with zero attached hydrogens (tertiary/aromatic N) is 2. The summed E-state index contributed by atoms with van der Waals surface area (Å²) in [6, 6.07) is 5.38. The van der Waals surface area contributed by atoms with Gasteiger partial charge in [0.2, 0.25) is 5.91 Å². The molecule has 0 aliphatic heterocycles. The van der Waals surface area contributed by atoms with Crippen LogP contribution in [0.5, 0.6) is 0 Å². The molecule has 1 aromatic carbocycles. The fraction of sp³-hybridized carbons (Fsp3) is 0.450. The van der Waals surface area contributed by atoms with Gasteiger partial charge < -0.3 is 11.1 Å². The molecule has 0 bridgehead atoms. The number of halogens is 3. The van der Waals surface area contributed by atoms with E-state index >= 15 is 0 Å². The molecule has 3 N–H and O–H groups in total. The second kappa shape index (κ2) is 7.77. The Morgan fingerprint density at radius 1 is 1.14 bits per heavy atom. The van der Waals surface area contributed by atoms with E-state index in [1.165, 1.54) is 25.1 Å². The summed E-state index contributed by atoms with van der Waals surface area (Å²) in [6.07, 6.45) is -1.36. The quantitative estimate of drug-likeness (QED) is 0.820. The van der Waals surface area contributed by atoms with E-state index in [9.17, 15) is 18.0 Å². The second-order valence-electron chi connectivity index (χ2n) is 7.24. The zero-order chi connectivity index (χ0) is 20.5. The lowest BCUT2D eigenvalue weighted by atomic mass is 9.82. The molecule has 1 fully saturated rings. The average Bonchev–Trinajstić information content (AvgIpc) is 2.63. The minimum atomic E-state index is -4.50. The van der Waals surface area contributed by atoms with Crippen molar-refractivity contribution in [3.05, 3.63) is 41.1 Å². The number of rotatable bonds is 3. The highest BCUT2D eigenvalue weighted by atomic mass is 19.4. The van der Waals surface area contributed by atoms with Crippen LogP contribution in [0.4, 0.5) is 19.0 Å². The Morgan fingerprint density at radius 3 is 2.39 bits per heavy atom. The molecule has 1 aromatic heterocycles. The summed E-state index contributed by atoms with van der Waals surface area (Å²) >= 11 is 0. The largest absolute Gasteiger partial charge is 0.417 e. The Kier molecular flexibility index (Phi) is 5.58. The van der Waals surface area contributed by atoms with Crippen LogP contribution in [-0.2, 0) is 11.0 Å². The first-order valence-electron chi connectivity index (χ1n) is 9.24. The minimum Gasteiger partial charge on any atom is -0.383 e. The SMILES string of the molecule is CC(=O)NC1CCC(c2nc(-c3ccccc3C(F)(F)F)nc(N)c2C)CC1. The van der Waals surface area contributed by atoms with Crippen LogP contribution in [0.25, 0.3) is 11.4 Å². The van der Waals surface area contributed by atoms with Crippen LogP contribution >= 0.6 is 0 Å². The van der Waals surface area contributed by atoms with Gasteiger partial charge in [-0.05, 0) is 38.7 Å². The topological polar surface area (TPSA) is 80.9 Å². The smallest absolute Gasteiger partial charge is 0.383 e. The van der Waals surface area contributed by atoms with Crippen LogP contribution in [0.3, 0.4) is 0 Å². The van der Waals surface area contributed by atoms with Gasteiger partial charge >= 0.3 is 6.18 Å². The summed E-state index contributed by atoms with van der Waals surface area (Å²) in [6.45, 7) is 3.29. The number of carbonyl (C=O) groups excluding carboxylic acids is 1. The molecule has 1 saturated carbocycles. The second-order valence-corrected chi connectivity index (χ2v) is 7.24. The van der Waals surface area contributed by atoms with E-state index in [2.05, 4.69) is 15.3 Å². The number of benzene rings is 1. The predicted molar refractivity (Wildman–Crippen MR) is 100 cm³/mol. The molecule has 0 spiro atoms. The monoisotopic (exact) mass is 392 g/mol. The first kappa shape index (κ1) is 20.1. The van der Waals surface area contributed by atoms with Crippen molar-refractivity contribution in [1.29, 1.82) is 0 Å². The molecule has 8 heteroatoms. The average molecular weight is 392 g/mol. The first-order valence-corrected chi connectivity index (χ1v) is 9.24. The standard InChI is InChI=1S/C20H23F3N4O/c1-11-17(13-7-9-14(10-8-13)25-12(2)28)26-19(27-18(11)24)15-5-3-4-6-16(15)20(21,22)23/h3-6,13-14H,7-10H2,1-2H3,(H,25,28)(H2,24,26,27). The number of hydrogen-bond donors (Lipinski definition) is 2. The Morgan fingerprint density at radius 2 is 1.79 bits per heavy atom. The fourth-order valence-corrected chi connectivity index (χ4v) is 3.79. The molecule has 0 radical (unpaired) electrons. The van der Waals surface area contributed by atoms with Gasteiger partial charge in [0.15, 0.2) is 5.82 Å². The normalized spacial score (nSPS) is 20.0. The van der Waals surface area contributed by atoms with E-state index in [1.807, 2.05) is 0 Å². The maximum absolute atomic E-state index is 13.4. The maximum Gasteiger partial charge on any atom is 0.417 e. The summed E-state index contributed by atoms with van der Waals surface area (Å²) in [5.74, 6) is 0.208.